The van der Waals surface area contributed by atoms with Gasteiger partial charge in [0.2, 0.25) is 0 Å². The molecule has 2 rings (SSSR count). The quantitative estimate of drug-likeness (QED) is 0.846. The molecule has 5 nitrogen and oxygen atoms in total. The number of nitrogens with zero attached hydrogens (tertiary/aromatic N) is 4. The SMILES string of the molecule is CCN(c1nc2sccn2c1CNC)C(C)CN(C)C. The molecule has 0 spiro atoms. The number of likely N-dealkylation sites (N-methyl/N-ethyl adjacent to an activating group) is 2. The maximum Gasteiger partial charge on any atom is 0.195 e. The third-order valence-corrected chi connectivity index (χ3v) is 4.21. The van der Waals surface area contributed by atoms with Crippen molar-refractivity contribution in [2.75, 3.05) is 39.1 Å². The van der Waals surface area contributed by atoms with E-state index in [1.165, 1.54) is 5.69 Å². The first-order valence-electron chi connectivity index (χ1n) is 7.08. The molecular weight excluding hydrogens is 270 g/mol. The highest BCUT2D eigenvalue weighted by Gasteiger charge is 2.21. The number of fused-ring (bicyclic) bond motifs is 1. The van der Waals surface area contributed by atoms with Crippen molar-refractivity contribution >= 4 is 22.1 Å². The van der Waals surface area contributed by atoms with Gasteiger partial charge in [0, 0.05) is 37.3 Å². The van der Waals surface area contributed by atoms with Gasteiger partial charge in [0.1, 0.15) is 0 Å². The second kappa shape index (κ2) is 6.56. The normalized spacial score (nSPS) is 13.3. The molecular formula is C14H25N5S. The van der Waals surface area contributed by atoms with Gasteiger partial charge in [-0.2, -0.15) is 0 Å². The predicted octanol–water partition coefficient (Wildman–Crippen LogP) is 1.89. The van der Waals surface area contributed by atoms with Crippen LogP contribution in [0.4, 0.5) is 5.82 Å². The average Bonchev–Trinajstić information content (AvgIpc) is 2.93. The van der Waals surface area contributed by atoms with Crippen molar-refractivity contribution < 1.29 is 0 Å². The largest absolute Gasteiger partial charge is 0.351 e. The van der Waals surface area contributed by atoms with Crippen molar-refractivity contribution in [1.82, 2.24) is 19.6 Å². The van der Waals surface area contributed by atoms with Crippen molar-refractivity contribution in [1.29, 1.82) is 0 Å². The first kappa shape index (κ1) is 15.3. The zero-order valence-corrected chi connectivity index (χ0v) is 13.9. The Bertz CT molecular complexity index is 545. The second-order valence-corrected chi connectivity index (χ2v) is 6.24. The van der Waals surface area contributed by atoms with Crippen molar-refractivity contribution in [2.24, 2.45) is 0 Å². The molecule has 0 saturated heterocycles. The molecule has 6 heteroatoms. The lowest BCUT2D eigenvalue weighted by Crippen LogP contribution is -2.41. The van der Waals surface area contributed by atoms with Gasteiger partial charge >= 0.3 is 0 Å². The molecule has 0 amide bonds. The summed E-state index contributed by atoms with van der Waals surface area (Å²) >= 11 is 1.69. The van der Waals surface area contributed by atoms with E-state index in [2.05, 4.69) is 59.0 Å². The molecule has 20 heavy (non-hydrogen) atoms. The number of imidazole rings is 1. The number of anilines is 1. The Morgan fingerprint density at radius 2 is 2.20 bits per heavy atom. The Morgan fingerprint density at radius 1 is 1.45 bits per heavy atom. The van der Waals surface area contributed by atoms with Crippen LogP contribution < -0.4 is 10.2 Å². The number of hydrogen-bond acceptors (Lipinski definition) is 5. The fourth-order valence-electron chi connectivity index (χ4n) is 2.68. The summed E-state index contributed by atoms with van der Waals surface area (Å²) < 4.78 is 2.20. The van der Waals surface area contributed by atoms with E-state index < -0.39 is 0 Å². The van der Waals surface area contributed by atoms with Gasteiger partial charge in [0.05, 0.1) is 5.69 Å². The lowest BCUT2D eigenvalue weighted by atomic mass is 10.2. The predicted molar refractivity (Wildman–Crippen MR) is 86.9 cm³/mol. The second-order valence-electron chi connectivity index (χ2n) is 5.37. The third kappa shape index (κ3) is 2.97. The number of rotatable bonds is 7. The van der Waals surface area contributed by atoms with E-state index in [1.807, 2.05) is 7.05 Å². The van der Waals surface area contributed by atoms with Gasteiger partial charge in [-0.1, -0.05) is 0 Å². The molecule has 0 radical (unpaired) electrons. The number of thiazole rings is 1. The molecule has 0 bridgehead atoms. The van der Waals surface area contributed by atoms with Crippen LogP contribution >= 0.6 is 11.3 Å². The molecule has 0 aliphatic carbocycles. The molecule has 0 aliphatic rings. The molecule has 112 valence electrons. The minimum Gasteiger partial charge on any atom is -0.351 e. The fourth-order valence-corrected chi connectivity index (χ4v) is 3.41. The van der Waals surface area contributed by atoms with Gasteiger partial charge in [-0.15, -0.1) is 11.3 Å². The van der Waals surface area contributed by atoms with Crippen molar-refractivity contribution in [2.45, 2.75) is 26.4 Å². The van der Waals surface area contributed by atoms with E-state index in [-0.39, 0.29) is 0 Å². The molecule has 0 saturated carbocycles. The van der Waals surface area contributed by atoms with E-state index in [1.54, 1.807) is 11.3 Å². The van der Waals surface area contributed by atoms with Crippen molar-refractivity contribution in [3.8, 4) is 0 Å². The van der Waals surface area contributed by atoms with Gasteiger partial charge in [0.25, 0.3) is 0 Å². The summed E-state index contributed by atoms with van der Waals surface area (Å²) in [5, 5.41) is 5.35. The summed E-state index contributed by atoms with van der Waals surface area (Å²) in [6.07, 6.45) is 2.10. The summed E-state index contributed by atoms with van der Waals surface area (Å²) in [6.45, 7) is 7.29. The van der Waals surface area contributed by atoms with Gasteiger partial charge in [-0.3, -0.25) is 4.40 Å². The van der Waals surface area contributed by atoms with Crippen LogP contribution in [0.15, 0.2) is 11.6 Å². The summed E-state index contributed by atoms with van der Waals surface area (Å²) in [5.41, 5.74) is 1.25. The molecule has 2 aromatic heterocycles. The molecule has 2 aromatic rings. The van der Waals surface area contributed by atoms with Gasteiger partial charge in [-0.05, 0) is 35.0 Å². The maximum absolute atomic E-state index is 4.84. The molecule has 0 aliphatic heterocycles. The highest BCUT2D eigenvalue weighted by atomic mass is 32.1. The van der Waals surface area contributed by atoms with E-state index in [9.17, 15) is 0 Å². The van der Waals surface area contributed by atoms with E-state index in [4.69, 9.17) is 4.98 Å². The van der Waals surface area contributed by atoms with Gasteiger partial charge in [-0.25, -0.2) is 4.98 Å². The Morgan fingerprint density at radius 3 is 2.80 bits per heavy atom. The Balaban J connectivity index is 2.37. The molecule has 1 atom stereocenters. The molecule has 0 fully saturated rings. The van der Waals surface area contributed by atoms with E-state index in [0.29, 0.717) is 6.04 Å². The lowest BCUT2D eigenvalue weighted by molar-refractivity contribution is 0.372. The minimum absolute atomic E-state index is 0.440. The minimum atomic E-state index is 0.440. The fraction of sp³-hybridized carbons (Fsp3) is 0.643. The Hall–Kier alpha value is -1.11. The number of hydrogen-bond donors (Lipinski definition) is 1. The summed E-state index contributed by atoms with van der Waals surface area (Å²) in [4.78, 5) is 10.5. The summed E-state index contributed by atoms with van der Waals surface area (Å²) in [5.74, 6) is 1.11. The van der Waals surface area contributed by atoms with E-state index >= 15 is 0 Å². The van der Waals surface area contributed by atoms with Gasteiger partial charge in [0.15, 0.2) is 10.8 Å². The standard InChI is InChI=1S/C14H25N5S/c1-6-18(11(2)10-17(4)5)13-12(9-15-3)19-7-8-20-14(19)16-13/h7-8,11,15H,6,9-10H2,1-5H3. The van der Waals surface area contributed by atoms with Crippen LogP contribution in [0.2, 0.25) is 0 Å². The van der Waals surface area contributed by atoms with Crippen LogP contribution in [0.5, 0.6) is 0 Å². The number of aromatic nitrogens is 2. The average molecular weight is 295 g/mol. The highest BCUT2D eigenvalue weighted by molar-refractivity contribution is 7.15. The zero-order chi connectivity index (χ0) is 14.7. The third-order valence-electron chi connectivity index (χ3n) is 3.46. The monoisotopic (exact) mass is 295 g/mol. The van der Waals surface area contributed by atoms with Gasteiger partial charge < -0.3 is 15.1 Å². The zero-order valence-electron chi connectivity index (χ0n) is 13.1. The lowest BCUT2D eigenvalue weighted by Gasteiger charge is -2.31. The molecule has 1 N–H and O–H groups in total. The molecule has 0 aromatic carbocycles. The van der Waals surface area contributed by atoms with Crippen LogP contribution in [0.3, 0.4) is 0 Å². The topological polar surface area (TPSA) is 35.8 Å². The van der Waals surface area contributed by atoms with Crippen LogP contribution in [0.25, 0.3) is 4.96 Å². The van der Waals surface area contributed by atoms with E-state index in [0.717, 1.165) is 30.4 Å². The summed E-state index contributed by atoms with van der Waals surface area (Å²) in [7, 11) is 6.21. The maximum atomic E-state index is 4.84. The molecule has 2 heterocycles. The van der Waals surface area contributed by atoms with Crippen LogP contribution in [0.1, 0.15) is 19.5 Å². The molecule has 1 unspecified atom stereocenters. The highest BCUT2D eigenvalue weighted by Crippen LogP contribution is 2.26. The smallest absolute Gasteiger partial charge is 0.195 e. The van der Waals surface area contributed by atoms with Crippen LogP contribution in [0, 0.1) is 0 Å². The van der Waals surface area contributed by atoms with Crippen LogP contribution in [-0.4, -0.2) is 54.6 Å². The van der Waals surface area contributed by atoms with Crippen molar-refractivity contribution in [3.05, 3.63) is 17.3 Å². The summed E-state index contributed by atoms with van der Waals surface area (Å²) in [6, 6.07) is 0.440. The van der Waals surface area contributed by atoms with Crippen LogP contribution in [-0.2, 0) is 6.54 Å². The Labute approximate surface area is 125 Å². The van der Waals surface area contributed by atoms with Crippen molar-refractivity contribution in [3.63, 3.8) is 0 Å². The first-order valence-corrected chi connectivity index (χ1v) is 7.96. The Kier molecular flexibility index (Phi) is 5.01. The first-order chi connectivity index (χ1) is 9.58. The number of nitrogens with one attached hydrogen (secondary N) is 1.